The molecular formula is C13H18N6O. The lowest BCUT2D eigenvalue weighted by molar-refractivity contribution is -0.120. The van der Waals surface area contributed by atoms with Gasteiger partial charge in [-0.1, -0.05) is 0 Å². The van der Waals surface area contributed by atoms with Crippen molar-refractivity contribution in [3.05, 3.63) is 36.7 Å². The zero-order chi connectivity index (χ0) is 14.5. The summed E-state index contributed by atoms with van der Waals surface area (Å²) in [7, 11) is 3.81. The average molecular weight is 274 g/mol. The normalized spacial score (nSPS) is 12.4. The van der Waals surface area contributed by atoms with Gasteiger partial charge in [0, 0.05) is 31.8 Å². The Morgan fingerprint density at radius 2 is 2.05 bits per heavy atom. The molecule has 2 aromatic rings. The molecule has 2 heterocycles. The first-order valence-corrected chi connectivity index (χ1v) is 6.32. The Morgan fingerprint density at radius 3 is 2.65 bits per heavy atom. The topological polar surface area (TPSA) is 75.9 Å². The van der Waals surface area contributed by atoms with Crippen LogP contribution in [0.5, 0.6) is 0 Å². The van der Waals surface area contributed by atoms with Gasteiger partial charge in [-0.3, -0.25) is 15.0 Å². The molecule has 7 heteroatoms. The van der Waals surface area contributed by atoms with Gasteiger partial charge in [-0.25, -0.2) is 15.0 Å². The summed E-state index contributed by atoms with van der Waals surface area (Å²) in [5.74, 6) is 1.07. The molecule has 0 spiro atoms. The monoisotopic (exact) mass is 274 g/mol. The van der Waals surface area contributed by atoms with Crippen LogP contribution in [0.3, 0.4) is 0 Å². The van der Waals surface area contributed by atoms with Crippen LogP contribution in [0.4, 0.5) is 5.95 Å². The van der Waals surface area contributed by atoms with Gasteiger partial charge in [0.15, 0.2) is 0 Å². The van der Waals surface area contributed by atoms with E-state index in [1.165, 1.54) is 0 Å². The van der Waals surface area contributed by atoms with E-state index in [0.29, 0.717) is 12.5 Å². The molecule has 1 atom stereocenters. The molecule has 0 saturated heterocycles. The molecule has 2 aromatic heterocycles. The third-order valence-corrected chi connectivity index (χ3v) is 3.15. The van der Waals surface area contributed by atoms with Gasteiger partial charge >= 0.3 is 0 Å². The number of amides is 1. The van der Waals surface area contributed by atoms with Crippen molar-refractivity contribution in [1.82, 2.24) is 24.4 Å². The lowest BCUT2D eigenvalue weighted by Crippen LogP contribution is -2.39. The highest BCUT2D eigenvalue weighted by atomic mass is 16.2. The van der Waals surface area contributed by atoms with Crippen LogP contribution in [0.1, 0.15) is 12.7 Å². The summed E-state index contributed by atoms with van der Waals surface area (Å²) in [6, 6.07) is 1.39. The predicted molar refractivity (Wildman–Crippen MR) is 74.8 cm³/mol. The summed E-state index contributed by atoms with van der Waals surface area (Å²) >= 11 is 0. The van der Waals surface area contributed by atoms with E-state index in [9.17, 15) is 4.79 Å². The number of likely N-dealkylation sites (N-methyl/N-ethyl adjacent to an activating group) is 1. The maximum absolute atomic E-state index is 12.1. The minimum atomic E-state index is -0.310. The van der Waals surface area contributed by atoms with Crippen molar-refractivity contribution in [3.63, 3.8) is 0 Å². The van der Waals surface area contributed by atoms with Crippen LogP contribution in [-0.2, 0) is 18.4 Å². The van der Waals surface area contributed by atoms with Gasteiger partial charge in [-0.05, 0) is 20.0 Å². The number of aromatic nitrogens is 4. The van der Waals surface area contributed by atoms with Crippen molar-refractivity contribution in [2.75, 3.05) is 12.4 Å². The standard InChI is InChI=1S/C13H18N6O/c1-10(12(20)17-13-15-5-4-6-16-13)19(3)9-11-14-7-8-18(11)2/h4-8,10H,9H2,1-3H3,(H,15,16,17,20)/t10-/m1/s1. The van der Waals surface area contributed by atoms with Crippen molar-refractivity contribution in [3.8, 4) is 0 Å². The van der Waals surface area contributed by atoms with E-state index in [2.05, 4.69) is 20.3 Å². The average Bonchev–Trinajstić information content (AvgIpc) is 2.84. The van der Waals surface area contributed by atoms with Crippen LogP contribution in [0.15, 0.2) is 30.9 Å². The second-order valence-electron chi connectivity index (χ2n) is 4.61. The summed E-state index contributed by atoms with van der Waals surface area (Å²) in [4.78, 5) is 26.2. The third-order valence-electron chi connectivity index (χ3n) is 3.15. The minimum Gasteiger partial charge on any atom is -0.337 e. The van der Waals surface area contributed by atoms with Crippen LogP contribution >= 0.6 is 0 Å². The highest BCUT2D eigenvalue weighted by Crippen LogP contribution is 2.06. The van der Waals surface area contributed by atoms with E-state index in [-0.39, 0.29) is 11.9 Å². The van der Waals surface area contributed by atoms with Crippen molar-refractivity contribution < 1.29 is 4.79 Å². The van der Waals surface area contributed by atoms with Crippen LogP contribution in [-0.4, -0.2) is 43.4 Å². The molecule has 2 rings (SSSR count). The number of hydrogen-bond donors (Lipinski definition) is 1. The van der Waals surface area contributed by atoms with Crippen molar-refractivity contribution in [1.29, 1.82) is 0 Å². The molecule has 20 heavy (non-hydrogen) atoms. The molecule has 0 aromatic carbocycles. The first-order chi connectivity index (χ1) is 9.58. The summed E-state index contributed by atoms with van der Waals surface area (Å²) in [5, 5.41) is 2.69. The summed E-state index contributed by atoms with van der Waals surface area (Å²) < 4.78 is 1.93. The Hall–Kier alpha value is -2.28. The van der Waals surface area contributed by atoms with E-state index in [1.807, 2.05) is 36.7 Å². The van der Waals surface area contributed by atoms with E-state index >= 15 is 0 Å². The zero-order valence-electron chi connectivity index (χ0n) is 11.8. The fourth-order valence-electron chi connectivity index (χ4n) is 1.69. The molecule has 0 bridgehead atoms. The van der Waals surface area contributed by atoms with Gasteiger partial charge in [0.1, 0.15) is 5.82 Å². The van der Waals surface area contributed by atoms with Crippen LogP contribution in [0.25, 0.3) is 0 Å². The Labute approximate surface area is 117 Å². The van der Waals surface area contributed by atoms with E-state index in [1.54, 1.807) is 24.7 Å². The number of carbonyl (C=O) groups excluding carboxylic acids is 1. The molecule has 106 valence electrons. The number of anilines is 1. The van der Waals surface area contributed by atoms with Gasteiger partial charge in [0.05, 0.1) is 12.6 Å². The fraction of sp³-hybridized carbons (Fsp3) is 0.385. The first-order valence-electron chi connectivity index (χ1n) is 6.32. The highest BCUT2D eigenvalue weighted by Gasteiger charge is 2.20. The fourth-order valence-corrected chi connectivity index (χ4v) is 1.69. The summed E-state index contributed by atoms with van der Waals surface area (Å²) in [6.07, 6.45) is 6.80. The smallest absolute Gasteiger partial charge is 0.243 e. The van der Waals surface area contributed by atoms with Gasteiger partial charge in [0.2, 0.25) is 11.9 Å². The number of nitrogens with one attached hydrogen (secondary N) is 1. The zero-order valence-corrected chi connectivity index (χ0v) is 11.8. The van der Waals surface area contributed by atoms with Gasteiger partial charge in [-0.2, -0.15) is 0 Å². The molecule has 0 aliphatic rings. The van der Waals surface area contributed by atoms with Crippen molar-refractivity contribution in [2.24, 2.45) is 7.05 Å². The SMILES string of the molecule is C[C@H](C(=O)Nc1ncccn1)N(C)Cc1nccn1C. The predicted octanol–water partition coefficient (Wildman–Crippen LogP) is 0.669. The van der Waals surface area contributed by atoms with Crippen molar-refractivity contribution >= 4 is 11.9 Å². The van der Waals surface area contributed by atoms with Crippen LogP contribution in [0, 0.1) is 0 Å². The molecule has 1 N–H and O–H groups in total. The number of hydrogen-bond acceptors (Lipinski definition) is 5. The van der Waals surface area contributed by atoms with Crippen LogP contribution < -0.4 is 5.32 Å². The Bertz CT molecular complexity index is 567. The van der Waals surface area contributed by atoms with Gasteiger partial charge in [0.25, 0.3) is 0 Å². The maximum Gasteiger partial charge on any atom is 0.243 e. The van der Waals surface area contributed by atoms with Crippen LogP contribution in [0.2, 0.25) is 0 Å². The number of nitrogens with zero attached hydrogens (tertiary/aromatic N) is 5. The summed E-state index contributed by atoms with van der Waals surface area (Å²) in [6.45, 7) is 2.43. The highest BCUT2D eigenvalue weighted by molar-refractivity contribution is 5.92. The molecule has 0 radical (unpaired) electrons. The Morgan fingerprint density at radius 1 is 1.35 bits per heavy atom. The number of rotatable bonds is 5. The van der Waals surface area contributed by atoms with Gasteiger partial charge in [-0.15, -0.1) is 0 Å². The molecule has 7 nitrogen and oxygen atoms in total. The number of aryl methyl sites for hydroxylation is 1. The second kappa shape index (κ2) is 6.25. The number of imidazole rings is 1. The molecule has 0 unspecified atom stereocenters. The quantitative estimate of drug-likeness (QED) is 0.867. The largest absolute Gasteiger partial charge is 0.337 e. The minimum absolute atomic E-state index is 0.145. The van der Waals surface area contributed by atoms with E-state index in [0.717, 1.165) is 5.82 Å². The second-order valence-corrected chi connectivity index (χ2v) is 4.61. The van der Waals surface area contributed by atoms with E-state index < -0.39 is 0 Å². The Balaban J connectivity index is 1.94. The Kier molecular flexibility index (Phi) is 4.41. The molecule has 0 aliphatic carbocycles. The summed E-state index contributed by atoms with van der Waals surface area (Å²) in [5.41, 5.74) is 0. The molecule has 0 saturated carbocycles. The molecule has 1 amide bonds. The molecular weight excluding hydrogens is 256 g/mol. The molecule has 0 fully saturated rings. The third kappa shape index (κ3) is 3.39. The van der Waals surface area contributed by atoms with Gasteiger partial charge < -0.3 is 4.57 Å². The first kappa shape index (κ1) is 14.1. The maximum atomic E-state index is 12.1. The lowest BCUT2D eigenvalue weighted by Gasteiger charge is -2.23. The van der Waals surface area contributed by atoms with Crippen molar-refractivity contribution in [2.45, 2.75) is 19.5 Å². The number of carbonyl (C=O) groups is 1. The van der Waals surface area contributed by atoms with E-state index in [4.69, 9.17) is 0 Å². The lowest BCUT2D eigenvalue weighted by atomic mass is 10.2. The molecule has 0 aliphatic heterocycles.